The smallest absolute Gasteiger partial charge is 0.188 e. The van der Waals surface area contributed by atoms with Crippen LogP contribution in [0.15, 0.2) is 55.1 Å². The number of hydrogen-bond donors (Lipinski definition) is 1. The van der Waals surface area contributed by atoms with Crippen LogP contribution in [0.2, 0.25) is 0 Å². The second-order valence-corrected chi connectivity index (χ2v) is 5.49. The van der Waals surface area contributed by atoms with E-state index in [1.54, 1.807) is 44.6 Å². The molecule has 0 unspecified atom stereocenters. The minimum absolute atomic E-state index is 0.118. The topological polar surface area (TPSA) is 65.0 Å². The molecule has 5 heteroatoms. The van der Waals surface area contributed by atoms with Crippen molar-refractivity contribution in [2.75, 3.05) is 21.0 Å². The van der Waals surface area contributed by atoms with Gasteiger partial charge in [0.15, 0.2) is 12.6 Å². The van der Waals surface area contributed by atoms with E-state index in [1.807, 2.05) is 6.07 Å². The molecule has 2 rings (SSSR count). The summed E-state index contributed by atoms with van der Waals surface area (Å²) < 4.78 is 15.9. The highest BCUT2D eigenvalue weighted by Gasteiger charge is 2.10. The van der Waals surface area contributed by atoms with E-state index in [1.165, 1.54) is 18.2 Å². The average molecular weight is 354 g/mol. The van der Waals surface area contributed by atoms with Gasteiger partial charge in [0.05, 0.1) is 7.11 Å². The molecule has 1 N–H and O–H groups in total. The lowest BCUT2D eigenvalue weighted by atomic mass is 10.0. The largest absolute Gasteiger partial charge is 0.508 e. The van der Waals surface area contributed by atoms with E-state index in [0.717, 1.165) is 11.1 Å². The number of ether oxygens (including phenoxy) is 3. The number of ketones is 1. The molecule has 0 aromatic heterocycles. The zero-order chi connectivity index (χ0) is 18.9. The number of methoxy groups -OCH3 is 2. The highest BCUT2D eigenvalue weighted by Crippen LogP contribution is 2.31. The summed E-state index contributed by atoms with van der Waals surface area (Å²) in [7, 11) is 3.11. The monoisotopic (exact) mass is 354 g/mol. The van der Waals surface area contributed by atoms with Gasteiger partial charge in [0, 0.05) is 24.3 Å². The lowest BCUT2D eigenvalue weighted by Gasteiger charge is -2.14. The van der Waals surface area contributed by atoms with Crippen LogP contribution in [0, 0.1) is 0 Å². The summed E-state index contributed by atoms with van der Waals surface area (Å²) in [5.74, 6) is 1.18. The van der Waals surface area contributed by atoms with E-state index in [4.69, 9.17) is 14.2 Å². The molecule has 0 heterocycles. The molecule has 2 aromatic carbocycles. The van der Waals surface area contributed by atoms with E-state index >= 15 is 0 Å². The predicted octanol–water partition coefficient (Wildman–Crippen LogP) is 4.01. The van der Waals surface area contributed by atoms with E-state index in [0.29, 0.717) is 23.5 Å². The standard InChI is InChI=1S/C21H22O5/c1-4-5-16-12-17(20(25-3)13-21(16)26-14-24-2)8-11-19(23)15-6-9-18(22)10-7-15/h4,6-13,22H,1,5,14H2,2-3H3/b11-8+. The molecule has 5 nitrogen and oxygen atoms in total. The lowest BCUT2D eigenvalue weighted by Crippen LogP contribution is -2.03. The minimum Gasteiger partial charge on any atom is -0.508 e. The molecule has 0 aliphatic heterocycles. The second-order valence-electron chi connectivity index (χ2n) is 5.49. The molecule has 0 saturated heterocycles. The molecule has 0 amide bonds. The van der Waals surface area contributed by atoms with Crippen molar-refractivity contribution in [1.29, 1.82) is 0 Å². The number of benzene rings is 2. The summed E-state index contributed by atoms with van der Waals surface area (Å²) in [6, 6.07) is 9.76. The summed E-state index contributed by atoms with van der Waals surface area (Å²) in [4.78, 5) is 12.3. The Morgan fingerprint density at radius 2 is 1.88 bits per heavy atom. The summed E-state index contributed by atoms with van der Waals surface area (Å²) in [6.45, 7) is 3.89. The summed E-state index contributed by atoms with van der Waals surface area (Å²) in [5, 5.41) is 9.31. The van der Waals surface area contributed by atoms with Gasteiger partial charge in [-0.2, -0.15) is 0 Å². The van der Waals surface area contributed by atoms with E-state index in [9.17, 15) is 9.90 Å². The van der Waals surface area contributed by atoms with Gasteiger partial charge >= 0.3 is 0 Å². The molecule has 136 valence electrons. The maximum Gasteiger partial charge on any atom is 0.188 e. The third-order valence-corrected chi connectivity index (χ3v) is 3.68. The Labute approximate surface area is 153 Å². The van der Waals surface area contributed by atoms with Crippen LogP contribution < -0.4 is 9.47 Å². The Kier molecular flexibility index (Phi) is 7.00. The molecule has 0 aliphatic carbocycles. The van der Waals surface area contributed by atoms with Crippen molar-refractivity contribution >= 4 is 11.9 Å². The molecule has 2 aromatic rings. The number of carbonyl (C=O) groups excluding carboxylic acids is 1. The van der Waals surface area contributed by atoms with Crippen molar-refractivity contribution in [3.63, 3.8) is 0 Å². The number of phenolic OH excluding ortho intramolecular Hbond substituents is 1. The maximum absolute atomic E-state index is 12.3. The molecule has 0 saturated carbocycles. The quantitative estimate of drug-likeness (QED) is 0.319. The van der Waals surface area contributed by atoms with Crippen LogP contribution in [0.1, 0.15) is 21.5 Å². The van der Waals surface area contributed by atoms with Gasteiger partial charge in [0.25, 0.3) is 0 Å². The Morgan fingerprint density at radius 1 is 1.15 bits per heavy atom. The Hall–Kier alpha value is -3.05. The Morgan fingerprint density at radius 3 is 2.50 bits per heavy atom. The third-order valence-electron chi connectivity index (χ3n) is 3.68. The van der Waals surface area contributed by atoms with Crippen molar-refractivity contribution < 1.29 is 24.1 Å². The van der Waals surface area contributed by atoms with E-state index < -0.39 is 0 Å². The Bertz CT molecular complexity index is 791. The van der Waals surface area contributed by atoms with Crippen molar-refractivity contribution in [3.05, 3.63) is 71.8 Å². The van der Waals surface area contributed by atoms with Crippen LogP contribution in [0.25, 0.3) is 6.08 Å². The number of hydrogen-bond acceptors (Lipinski definition) is 5. The summed E-state index contributed by atoms with van der Waals surface area (Å²) in [5.41, 5.74) is 2.15. The highest BCUT2D eigenvalue weighted by molar-refractivity contribution is 6.07. The van der Waals surface area contributed by atoms with Crippen molar-refractivity contribution in [2.45, 2.75) is 6.42 Å². The lowest BCUT2D eigenvalue weighted by molar-refractivity contribution is 0.0503. The van der Waals surface area contributed by atoms with Crippen LogP contribution in [-0.4, -0.2) is 31.9 Å². The number of phenols is 1. The zero-order valence-electron chi connectivity index (χ0n) is 14.9. The molecular weight excluding hydrogens is 332 g/mol. The fourth-order valence-corrected chi connectivity index (χ4v) is 2.39. The highest BCUT2D eigenvalue weighted by atomic mass is 16.7. The molecule has 0 bridgehead atoms. The summed E-state index contributed by atoms with van der Waals surface area (Å²) >= 11 is 0. The minimum atomic E-state index is -0.169. The maximum atomic E-state index is 12.3. The third kappa shape index (κ3) is 4.97. The van der Waals surface area contributed by atoms with Gasteiger partial charge in [-0.05, 0) is 54.5 Å². The van der Waals surface area contributed by atoms with Gasteiger partial charge in [0.1, 0.15) is 17.2 Å². The van der Waals surface area contributed by atoms with Crippen LogP contribution >= 0.6 is 0 Å². The molecule has 0 fully saturated rings. The van der Waals surface area contributed by atoms with Gasteiger partial charge in [-0.15, -0.1) is 6.58 Å². The molecule has 26 heavy (non-hydrogen) atoms. The van der Waals surface area contributed by atoms with Crippen molar-refractivity contribution in [1.82, 2.24) is 0 Å². The van der Waals surface area contributed by atoms with Gasteiger partial charge in [-0.1, -0.05) is 6.08 Å². The molecule has 0 radical (unpaired) electrons. The van der Waals surface area contributed by atoms with Crippen LogP contribution in [0.5, 0.6) is 17.2 Å². The van der Waals surface area contributed by atoms with Gasteiger partial charge in [0.2, 0.25) is 0 Å². The van der Waals surface area contributed by atoms with Gasteiger partial charge < -0.3 is 19.3 Å². The number of aromatic hydroxyl groups is 1. The first-order chi connectivity index (χ1) is 12.6. The van der Waals surface area contributed by atoms with E-state index in [2.05, 4.69) is 6.58 Å². The number of carbonyl (C=O) groups is 1. The van der Waals surface area contributed by atoms with Gasteiger partial charge in [-0.3, -0.25) is 4.79 Å². The van der Waals surface area contributed by atoms with E-state index in [-0.39, 0.29) is 18.3 Å². The SMILES string of the molecule is C=CCc1cc(/C=C/C(=O)c2ccc(O)cc2)c(OC)cc1OCOC. The normalized spacial score (nSPS) is 10.7. The zero-order valence-corrected chi connectivity index (χ0v) is 14.9. The van der Waals surface area contributed by atoms with Gasteiger partial charge in [-0.25, -0.2) is 0 Å². The number of allylic oxidation sites excluding steroid dienone is 2. The first-order valence-electron chi connectivity index (χ1n) is 8.04. The molecular formula is C21H22O5. The average Bonchev–Trinajstić information content (AvgIpc) is 2.65. The van der Waals surface area contributed by atoms with Crippen LogP contribution in [0.4, 0.5) is 0 Å². The molecule has 0 spiro atoms. The first-order valence-corrected chi connectivity index (χ1v) is 8.04. The fraction of sp³-hybridized carbons (Fsp3) is 0.190. The van der Waals surface area contributed by atoms with Crippen molar-refractivity contribution in [2.24, 2.45) is 0 Å². The number of rotatable bonds is 9. The first kappa shape index (κ1) is 19.3. The fourth-order valence-electron chi connectivity index (χ4n) is 2.39. The molecule has 0 atom stereocenters. The van der Waals surface area contributed by atoms with Crippen LogP contribution in [0.3, 0.4) is 0 Å². The Balaban J connectivity index is 2.31. The second kappa shape index (κ2) is 9.44. The summed E-state index contributed by atoms with van der Waals surface area (Å²) in [6.07, 6.45) is 5.55. The predicted molar refractivity (Wildman–Crippen MR) is 101 cm³/mol. The molecule has 0 aliphatic rings. The van der Waals surface area contributed by atoms with Crippen LogP contribution in [-0.2, 0) is 11.2 Å². The van der Waals surface area contributed by atoms with Crippen molar-refractivity contribution in [3.8, 4) is 17.2 Å².